The number of aliphatic hydroxyl groups is 1. The Morgan fingerprint density at radius 1 is 0.891 bits per heavy atom. The molecule has 1 amide bonds. The Kier molecular flexibility index (Phi) is 19.1. The third kappa shape index (κ3) is 12.6. The number of hydrogen-bond donors (Lipinski definition) is 1. The van der Waals surface area contributed by atoms with Crippen LogP contribution in [0.3, 0.4) is 0 Å². The van der Waals surface area contributed by atoms with E-state index < -0.39 is 59.8 Å². The van der Waals surface area contributed by atoms with Gasteiger partial charge in [-0.05, 0) is 108 Å². The standard InChI is InChI=1S/C51H75NO12/c1-10-37-25-31(2)24-32(3)26-44(60-8)47-45(61-9)28-35(6)51(58,64-47)48(55)49(56)52-23-15-14-18-39(52)50(57)63-46(33(4)19-21-40(37)53)34(5)27-36-20-22-42(43(29-36)59-7)62-30-41(54)38-16-12-11-13-17-38/h11-13,16-17,25,27,32-33,35-37,39,42-47,58H,10,14-15,18-24,26,28-30H2,1-9H3/b31-25+,34-27?. The molecule has 0 spiro atoms. The number of nitrogens with zero attached hydrogens (tertiary/aromatic N) is 1. The third-order valence-corrected chi connectivity index (χ3v) is 14.3. The molecule has 1 N–H and O–H groups in total. The topological polar surface area (TPSA) is 164 Å². The lowest BCUT2D eigenvalue weighted by Gasteiger charge is -2.47. The van der Waals surface area contributed by atoms with Crippen molar-refractivity contribution in [1.82, 2.24) is 4.90 Å². The summed E-state index contributed by atoms with van der Waals surface area (Å²) in [4.78, 5) is 71.1. The van der Waals surface area contributed by atoms with Gasteiger partial charge in [0.15, 0.2) is 5.78 Å². The molecule has 1 aromatic carbocycles. The second-order valence-corrected chi connectivity index (χ2v) is 19.1. The van der Waals surface area contributed by atoms with E-state index in [-0.39, 0.29) is 73.4 Å². The fourth-order valence-corrected chi connectivity index (χ4v) is 10.5. The first kappa shape index (κ1) is 51.4. The quantitative estimate of drug-likeness (QED) is 0.107. The number of ether oxygens (including phenoxy) is 6. The molecule has 13 nitrogen and oxygen atoms in total. The Balaban J connectivity index is 1.43. The molecule has 5 rings (SSSR count). The molecule has 3 aliphatic heterocycles. The summed E-state index contributed by atoms with van der Waals surface area (Å²) in [6.45, 7) is 11.8. The highest BCUT2D eigenvalue weighted by Gasteiger charge is 2.56. The normalized spacial score (nSPS) is 36.6. The molecule has 13 unspecified atom stereocenters. The van der Waals surface area contributed by atoms with Crippen LogP contribution >= 0.6 is 0 Å². The molecule has 64 heavy (non-hydrogen) atoms. The van der Waals surface area contributed by atoms with Gasteiger partial charge in [-0.15, -0.1) is 0 Å². The summed E-state index contributed by atoms with van der Waals surface area (Å²) in [5, 5.41) is 12.1. The molecule has 1 saturated carbocycles. The van der Waals surface area contributed by atoms with Crippen LogP contribution in [0.5, 0.6) is 0 Å². The highest BCUT2D eigenvalue weighted by atomic mass is 16.7. The predicted octanol–water partition coefficient (Wildman–Crippen LogP) is 7.41. The lowest BCUT2D eigenvalue weighted by atomic mass is 9.82. The number of carbonyl (C=O) groups excluding carboxylic acids is 5. The summed E-state index contributed by atoms with van der Waals surface area (Å²) in [7, 11) is 4.74. The molecule has 1 aliphatic carbocycles. The highest BCUT2D eigenvalue weighted by Crippen LogP contribution is 2.39. The summed E-state index contributed by atoms with van der Waals surface area (Å²) >= 11 is 0. The molecule has 13 atom stereocenters. The van der Waals surface area contributed by atoms with Gasteiger partial charge in [0, 0.05) is 51.7 Å². The number of esters is 1. The van der Waals surface area contributed by atoms with E-state index in [4.69, 9.17) is 28.4 Å². The highest BCUT2D eigenvalue weighted by molar-refractivity contribution is 6.39. The molecular formula is C51H75NO12. The van der Waals surface area contributed by atoms with E-state index in [2.05, 4.69) is 19.1 Å². The number of fused-ring (bicyclic) bond motifs is 3. The molecule has 2 saturated heterocycles. The number of Topliss-reactive ketones (excluding diaryl/α,β-unsaturated/α-hetero) is 3. The number of allylic oxidation sites excluding steroid dienone is 3. The van der Waals surface area contributed by atoms with Gasteiger partial charge >= 0.3 is 5.97 Å². The monoisotopic (exact) mass is 894 g/mol. The Hall–Kier alpha value is -3.59. The van der Waals surface area contributed by atoms with Crippen LogP contribution < -0.4 is 0 Å². The van der Waals surface area contributed by atoms with Crippen molar-refractivity contribution in [2.75, 3.05) is 34.5 Å². The number of amides is 1. The van der Waals surface area contributed by atoms with E-state index in [1.54, 1.807) is 40.4 Å². The molecule has 1 aromatic rings. The Bertz CT molecular complexity index is 1810. The smallest absolute Gasteiger partial charge is 0.329 e. The molecule has 0 radical (unpaired) electrons. The largest absolute Gasteiger partial charge is 0.456 e. The van der Waals surface area contributed by atoms with Gasteiger partial charge < -0.3 is 38.4 Å². The third-order valence-electron chi connectivity index (χ3n) is 14.3. The van der Waals surface area contributed by atoms with Crippen LogP contribution in [0.4, 0.5) is 0 Å². The van der Waals surface area contributed by atoms with Gasteiger partial charge in [0.05, 0.1) is 24.4 Å². The lowest BCUT2D eigenvalue weighted by molar-refractivity contribution is -0.302. The maximum Gasteiger partial charge on any atom is 0.329 e. The fraction of sp³-hybridized carbons (Fsp3) is 0.706. The number of hydrogen-bond acceptors (Lipinski definition) is 12. The van der Waals surface area contributed by atoms with E-state index in [9.17, 15) is 29.1 Å². The lowest BCUT2D eigenvalue weighted by Crippen LogP contribution is -2.64. The van der Waals surface area contributed by atoms with Crippen LogP contribution in [0.1, 0.15) is 129 Å². The molecular weight excluding hydrogens is 819 g/mol. The van der Waals surface area contributed by atoms with Gasteiger partial charge in [-0.3, -0.25) is 19.2 Å². The molecule has 3 fully saturated rings. The summed E-state index contributed by atoms with van der Waals surface area (Å²) < 4.78 is 36.5. The van der Waals surface area contributed by atoms with E-state index in [0.29, 0.717) is 63.4 Å². The van der Waals surface area contributed by atoms with Gasteiger partial charge in [0.25, 0.3) is 11.7 Å². The zero-order valence-electron chi connectivity index (χ0n) is 39.8. The minimum Gasteiger partial charge on any atom is -0.456 e. The van der Waals surface area contributed by atoms with Gasteiger partial charge in [0.2, 0.25) is 5.79 Å². The van der Waals surface area contributed by atoms with Crippen LogP contribution in [0.25, 0.3) is 0 Å². The number of cyclic esters (lactones) is 1. The minimum atomic E-state index is -2.48. The van der Waals surface area contributed by atoms with Crippen LogP contribution in [0.15, 0.2) is 53.6 Å². The molecule has 3 heterocycles. The number of ketones is 3. The maximum atomic E-state index is 14.5. The number of methoxy groups -OCH3 is 3. The maximum absolute atomic E-state index is 14.5. The first-order chi connectivity index (χ1) is 30.5. The van der Waals surface area contributed by atoms with E-state index in [0.717, 1.165) is 17.6 Å². The van der Waals surface area contributed by atoms with Crippen LogP contribution in [-0.2, 0) is 47.6 Å². The van der Waals surface area contributed by atoms with Gasteiger partial charge in [-0.2, -0.15) is 0 Å². The first-order valence-corrected chi connectivity index (χ1v) is 23.7. The molecule has 4 aliphatic rings. The summed E-state index contributed by atoms with van der Waals surface area (Å²) in [5.74, 6) is -6.45. The van der Waals surface area contributed by atoms with Crippen LogP contribution in [0.2, 0.25) is 0 Å². The van der Waals surface area contributed by atoms with Crippen molar-refractivity contribution in [2.24, 2.45) is 29.6 Å². The van der Waals surface area contributed by atoms with Gasteiger partial charge in [-0.25, -0.2) is 4.79 Å². The average Bonchev–Trinajstić information content (AvgIpc) is 3.30. The van der Waals surface area contributed by atoms with E-state index in [1.807, 2.05) is 45.9 Å². The van der Waals surface area contributed by atoms with Crippen LogP contribution in [0, 0.1) is 29.6 Å². The van der Waals surface area contributed by atoms with E-state index in [1.165, 1.54) is 4.90 Å². The predicted molar refractivity (Wildman–Crippen MR) is 241 cm³/mol. The summed E-state index contributed by atoms with van der Waals surface area (Å²) in [6, 6.07) is 8.00. The molecule has 13 heteroatoms. The number of piperidine rings is 1. The Morgan fingerprint density at radius 3 is 2.25 bits per heavy atom. The van der Waals surface area contributed by atoms with Gasteiger partial charge in [0.1, 0.15) is 30.6 Å². The fourth-order valence-electron chi connectivity index (χ4n) is 10.5. The van der Waals surface area contributed by atoms with E-state index >= 15 is 0 Å². The van der Waals surface area contributed by atoms with Crippen molar-refractivity contribution < 1.29 is 57.5 Å². The summed E-state index contributed by atoms with van der Waals surface area (Å²) in [6.07, 6.45) is 7.29. The second kappa shape index (κ2) is 23.7. The minimum absolute atomic E-state index is 0.0452. The van der Waals surface area contributed by atoms with Crippen molar-refractivity contribution in [3.63, 3.8) is 0 Å². The number of benzene rings is 1. The van der Waals surface area contributed by atoms with Crippen LogP contribution in [-0.4, -0.2) is 122 Å². The van der Waals surface area contributed by atoms with Crippen molar-refractivity contribution in [2.45, 2.75) is 167 Å². The zero-order valence-corrected chi connectivity index (χ0v) is 39.8. The number of rotatable bonds is 10. The van der Waals surface area contributed by atoms with Gasteiger partial charge in [-0.1, -0.05) is 75.8 Å². The average molecular weight is 894 g/mol. The molecule has 356 valence electrons. The van der Waals surface area contributed by atoms with Crippen molar-refractivity contribution in [3.8, 4) is 0 Å². The zero-order chi connectivity index (χ0) is 46.7. The number of carbonyl (C=O) groups is 5. The molecule has 0 aromatic heterocycles. The first-order valence-electron chi connectivity index (χ1n) is 23.7. The summed E-state index contributed by atoms with van der Waals surface area (Å²) in [5.41, 5.74) is 2.48. The van der Waals surface area contributed by atoms with Crippen molar-refractivity contribution >= 4 is 29.2 Å². The molecule has 2 bridgehead atoms. The van der Waals surface area contributed by atoms with Crippen molar-refractivity contribution in [3.05, 3.63) is 59.2 Å². The Morgan fingerprint density at radius 2 is 1.58 bits per heavy atom. The van der Waals surface area contributed by atoms with Crippen molar-refractivity contribution in [1.29, 1.82) is 0 Å². The second-order valence-electron chi connectivity index (χ2n) is 19.1. The Labute approximate surface area is 380 Å². The SMILES string of the molecule is CCC1/C=C(\C)CC(C)CC(OC)C2OC(O)(C(=O)C(=O)N3CCCCC3C(=O)OC(C(C)=CC3CCC(OCC(=O)c4ccccc4)C(OC)C3)C(C)CCC1=O)C(C)CC2OC.